The molecule has 9 nitrogen and oxygen atoms in total. The maximum Gasteiger partial charge on any atom is 0.256 e. The van der Waals surface area contributed by atoms with Crippen molar-refractivity contribution in [3.63, 3.8) is 0 Å². The summed E-state index contributed by atoms with van der Waals surface area (Å²) < 4.78 is 15.6. The summed E-state index contributed by atoms with van der Waals surface area (Å²) in [5.74, 6) is 0.452. The Morgan fingerprint density at radius 2 is 1.91 bits per heavy atom. The van der Waals surface area contributed by atoms with Gasteiger partial charge in [0.15, 0.2) is 0 Å². The highest BCUT2D eigenvalue weighted by Crippen LogP contribution is 2.37. The Morgan fingerprint density at radius 3 is 2.62 bits per heavy atom. The van der Waals surface area contributed by atoms with E-state index in [9.17, 15) is 14.4 Å². The molecule has 0 spiro atoms. The number of hydrogen-bond acceptors (Lipinski definition) is 6. The Kier molecular flexibility index (Phi) is 6.00. The van der Waals surface area contributed by atoms with E-state index in [0.29, 0.717) is 29.2 Å². The average Bonchev–Trinajstić information content (AvgIpc) is 3.18. The maximum atomic E-state index is 13.4. The van der Waals surface area contributed by atoms with E-state index in [1.54, 1.807) is 32.4 Å². The minimum absolute atomic E-state index is 0.0722. The van der Waals surface area contributed by atoms with E-state index in [1.165, 1.54) is 12.0 Å². The molecular weight excluding hydrogens is 414 g/mol. The lowest BCUT2D eigenvalue weighted by Gasteiger charge is -2.20. The number of nitrogens with zero attached hydrogens (tertiary/aromatic N) is 1. The first kappa shape index (κ1) is 21.6. The molecule has 4 rings (SSSR count). The molecular formula is C23H25N3O6. The number of methoxy groups -OCH3 is 3. The Balaban J connectivity index is 1.65. The van der Waals surface area contributed by atoms with Crippen LogP contribution in [0.15, 0.2) is 36.4 Å². The van der Waals surface area contributed by atoms with Crippen molar-refractivity contribution in [3.05, 3.63) is 42.0 Å². The lowest BCUT2D eigenvalue weighted by molar-refractivity contribution is -0.125. The van der Waals surface area contributed by atoms with Crippen molar-refractivity contribution in [1.29, 1.82) is 0 Å². The van der Waals surface area contributed by atoms with Gasteiger partial charge in [0.05, 0.1) is 25.5 Å². The fraction of sp³-hybridized carbons (Fsp3) is 0.348. The summed E-state index contributed by atoms with van der Waals surface area (Å²) in [5, 5.41) is 5.68. The van der Waals surface area contributed by atoms with Crippen molar-refractivity contribution >= 4 is 23.4 Å². The van der Waals surface area contributed by atoms with Gasteiger partial charge in [0.25, 0.3) is 5.91 Å². The third-order valence-corrected chi connectivity index (χ3v) is 5.73. The number of nitrogens with one attached hydrogen (secondary N) is 2. The van der Waals surface area contributed by atoms with E-state index in [0.717, 1.165) is 11.1 Å². The van der Waals surface area contributed by atoms with Crippen LogP contribution >= 0.6 is 0 Å². The molecule has 1 saturated heterocycles. The molecule has 9 heteroatoms. The third-order valence-electron chi connectivity index (χ3n) is 5.73. The Labute approximate surface area is 185 Å². The molecule has 168 valence electrons. The van der Waals surface area contributed by atoms with Crippen LogP contribution in [0.25, 0.3) is 11.1 Å². The molecule has 32 heavy (non-hydrogen) atoms. The Morgan fingerprint density at radius 1 is 1.09 bits per heavy atom. The van der Waals surface area contributed by atoms with Crippen LogP contribution in [0.5, 0.6) is 11.5 Å². The van der Waals surface area contributed by atoms with Gasteiger partial charge >= 0.3 is 0 Å². The zero-order chi connectivity index (χ0) is 22.8. The first-order chi connectivity index (χ1) is 15.4. The standard InChI is InChI=1S/C23H25N3O6/c1-30-12-21(27)24-14-9-19-22(28)25-18-7-4-13(8-17(18)23(29)26(19)11-14)16-6-5-15(31-2)10-20(16)32-3/h4-8,10,14,19H,9,11-12H2,1-3H3,(H,24,27)(H,25,28)/t14-,19-/m0/s1. The molecule has 0 aromatic heterocycles. The monoisotopic (exact) mass is 439 g/mol. The molecule has 3 amide bonds. The van der Waals surface area contributed by atoms with E-state index in [2.05, 4.69) is 10.6 Å². The third kappa shape index (κ3) is 3.99. The van der Waals surface area contributed by atoms with Crippen LogP contribution in [-0.2, 0) is 14.3 Å². The molecule has 2 aromatic rings. The fourth-order valence-electron chi connectivity index (χ4n) is 4.22. The highest BCUT2D eigenvalue weighted by molar-refractivity contribution is 6.11. The van der Waals surface area contributed by atoms with Crippen LogP contribution in [-0.4, -0.2) is 69.2 Å². The summed E-state index contributed by atoms with van der Waals surface area (Å²) in [4.78, 5) is 39.6. The zero-order valence-electron chi connectivity index (χ0n) is 18.1. The topological polar surface area (TPSA) is 106 Å². The second kappa shape index (κ2) is 8.88. The number of carbonyl (C=O) groups excluding carboxylic acids is 3. The zero-order valence-corrected chi connectivity index (χ0v) is 18.1. The summed E-state index contributed by atoms with van der Waals surface area (Å²) >= 11 is 0. The number of carbonyl (C=O) groups is 3. The molecule has 0 radical (unpaired) electrons. The molecule has 2 N–H and O–H groups in total. The largest absolute Gasteiger partial charge is 0.497 e. The smallest absolute Gasteiger partial charge is 0.256 e. The van der Waals surface area contributed by atoms with Gasteiger partial charge < -0.3 is 29.7 Å². The van der Waals surface area contributed by atoms with Gasteiger partial charge in [0.2, 0.25) is 11.8 Å². The lowest BCUT2D eigenvalue weighted by atomic mass is 10.00. The van der Waals surface area contributed by atoms with Crippen molar-refractivity contribution in [2.45, 2.75) is 18.5 Å². The summed E-state index contributed by atoms with van der Waals surface area (Å²) in [6.07, 6.45) is 0.347. The summed E-state index contributed by atoms with van der Waals surface area (Å²) in [7, 11) is 4.58. The average molecular weight is 439 g/mol. The van der Waals surface area contributed by atoms with E-state index in [1.807, 2.05) is 18.2 Å². The van der Waals surface area contributed by atoms with Crippen LogP contribution in [0.1, 0.15) is 16.8 Å². The number of fused-ring (bicyclic) bond motifs is 2. The van der Waals surface area contributed by atoms with Gasteiger partial charge in [-0.05, 0) is 36.2 Å². The molecule has 1 fully saturated rings. The van der Waals surface area contributed by atoms with Crippen LogP contribution in [0, 0.1) is 0 Å². The van der Waals surface area contributed by atoms with Gasteiger partial charge in [-0.1, -0.05) is 6.07 Å². The van der Waals surface area contributed by atoms with E-state index >= 15 is 0 Å². The predicted molar refractivity (Wildman–Crippen MR) is 117 cm³/mol. The highest BCUT2D eigenvalue weighted by Gasteiger charge is 2.43. The molecule has 2 aliphatic heterocycles. The van der Waals surface area contributed by atoms with Gasteiger partial charge in [-0.25, -0.2) is 0 Å². The number of rotatable bonds is 6. The van der Waals surface area contributed by atoms with Crippen molar-refractivity contribution in [2.24, 2.45) is 0 Å². The van der Waals surface area contributed by atoms with Gasteiger partial charge in [0.1, 0.15) is 24.1 Å². The molecule has 2 heterocycles. The molecule has 2 aromatic carbocycles. The second-order valence-electron chi connectivity index (χ2n) is 7.72. The van der Waals surface area contributed by atoms with Crippen LogP contribution < -0.4 is 20.1 Å². The van der Waals surface area contributed by atoms with Crippen LogP contribution in [0.4, 0.5) is 5.69 Å². The quantitative estimate of drug-likeness (QED) is 0.709. The summed E-state index contributed by atoms with van der Waals surface area (Å²) in [6.45, 7) is 0.180. The molecule has 0 saturated carbocycles. The maximum absolute atomic E-state index is 13.4. The van der Waals surface area contributed by atoms with Crippen molar-refractivity contribution in [1.82, 2.24) is 10.2 Å². The Hall–Kier alpha value is -3.59. The fourth-order valence-corrected chi connectivity index (χ4v) is 4.22. The normalized spacial score (nSPS) is 19.5. The SMILES string of the molecule is COCC(=O)N[C@H]1C[C@H]2C(=O)Nc3ccc(-c4ccc(OC)cc4OC)cc3C(=O)N2C1. The van der Waals surface area contributed by atoms with E-state index < -0.39 is 6.04 Å². The summed E-state index contributed by atoms with van der Waals surface area (Å²) in [5.41, 5.74) is 2.42. The number of anilines is 1. The van der Waals surface area contributed by atoms with Gasteiger partial charge in [-0.15, -0.1) is 0 Å². The summed E-state index contributed by atoms with van der Waals surface area (Å²) in [6, 6.07) is 9.79. The first-order valence-electron chi connectivity index (χ1n) is 10.2. The van der Waals surface area contributed by atoms with Crippen LogP contribution in [0.2, 0.25) is 0 Å². The molecule has 2 atom stereocenters. The number of benzene rings is 2. The molecule has 2 aliphatic rings. The van der Waals surface area contributed by atoms with E-state index in [4.69, 9.17) is 14.2 Å². The predicted octanol–water partition coefficient (Wildman–Crippen LogP) is 1.67. The van der Waals surface area contributed by atoms with Crippen LogP contribution in [0.3, 0.4) is 0 Å². The first-order valence-corrected chi connectivity index (χ1v) is 10.2. The number of amides is 3. The minimum Gasteiger partial charge on any atom is -0.497 e. The van der Waals surface area contributed by atoms with Gasteiger partial charge in [0, 0.05) is 31.3 Å². The van der Waals surface area contributed by atoms with Crippen molar-refractivity contribution < 1.29 is 28.6 Å². The second-order valence-corrected chi connectivity index (χ2v) is 7.72. The van der Waals surface area contributed by atoms with Crippen molar-refractivity contribution in [3.8, 4) is 22.6 Å². The Bertz CT molecular complexity index is 1070. The minimum atomic E-state index is -0.651. The van der Waals surface area contributed by atoms with Gasteiger partial charge in [-0.2, -0.15) is 0 Å². The number of ether oxygens (including phenoxy) is 3. The number of hydrogen-bond donors (Lipinski definition) is 2. The molecule has 0 bridgehead atoms. The molecule has 0 unspecified atom stereocenters. The highest BCUT2D eigenvalue weighted by atomic mass is 16.5. The van der Waals surface area contributed by atoms with Gasteiger partial charge in [-0.3, -0.25) is 14.4 Å². The van der Waals surface area contributed by atoms with Crippen molar-refractivity contribution in [2.75, 3.05) is 39.8 Å². The molecule has 0 aliphatic carbocycles. The van der Waals surface area contributed by atoms with E-state index in [-0.39, 0.29) is 36.9 Å². The lowest BCUT2D eigenvalue weighted by Crippen LogP contribution is -2.41.